The predicted octanol–water partition coefficient (Wildman–Crippen LogP) is 4.43. The lowest BCUT2D eigenvalue weighted by molar-refractivity contribution is -0.137. The topological polar surface area (TPSA) is 68.5 Å². The van der Waals surface area contributed by atoms with E-state index in [9.17, 15) is 4.79 Å². The van der Waals surface area contributed by atoms with Crippen LogP contribution < -0.4 is 4.74 Å². The first-order valence-corrected chi connectivity index (χ1v) is 9.29. The Morgan fingerprint density at radius 3 is 2.75 bits per heavy atom. The summed E-state index contributed by atoms with van der Waals surface area (Å²) in [6.07, 6.45) is -0.642. The highest BCUT2D eigenvalue weighted by Gasteiger charge is 2.22. The van der Waals surface area contributed by atoms with Gasteiger partial charge in [-0.2, -0.15) is 4.98 Å². The number of benzene rings is 2. The molecule has 7 heteroatoms. The van der Waals surface area contributed by atoms with Crippen LogP contribution in [0.3, 0.4) is 0 Å². The molecule has 0 saturated heterocycles. The minimum Gasteiger partial charge on any atom is -0.481 e. The molecule has 1 amide bonds. The number of nitrogens with zero attached hydrogens (tertiary/aromatic N) is 3. The smallest absolute Gasteiger partial charge is 0.263 e. The first-order chi connectivity index (χ1) is 13.3. The van der Waals surface area contributed by atoms with Crippen LogP contribution in [0.25, 0.3) is 11.4 Å². The highest BCUT2D eigenvalue weighted by Crippen LogP contribution is 2.25. The van der Waals surface area contributed by atoms with Crippen LogP contribution in [-0.4, -0.2) is 34.1 Å². The molecule has 6 nitrogen and oxygen atoms in total. The molecule has 0 aliphatic carbocycles. The molecule has 0 fully saturated rings. The van der Waals surface area contributed by atoms with Crippen molar-refractivity contribution in [1.29, 1.82) is 0 Å². The zero-order chi connectivity index (χ0) is 20.3. The highest BCUT2D eigenvalue weighted by molar-refractivity contribution is 6.33. The fraction of sp³-hybridized carbons (Fsp3) is 0.286. The number of aryl methyl sites for hydroxylation is 2. The molecule has 0 bridgehead atoms. The van der Waals surface area contributed by atoms with E-state index < -0.39 is 6.10 Å². The van der Waals surface area contributed by atoms with Crippen molar-refractivity contribution in [1.82, 2.24) is 15.0 Å². The molecule has 0 radical (unpaired) electrons. The lowest BCUT2D eigenvalue weighted by Gasteiger charge is -2.21. The summed E-state index contributed by atoms with van der Waals surface area (Å²) in [5.41, 5.74) is 2.74. The molecule has 0 saturated carbocycles. The third kappa shape index (κ3) is 4.51. The Morgan fingerprint density at radius 1 is 1.25 bits per heavy atom. The van der Waals surface area contributed by atoms with Gasteiger partial charge in [0.05, 0.1) is 11.6 Å². The predicted molar refractivity (Wildman–Crippen MR) is 107 cm³/mol. The molecule has 1 atom stereocenters. The molecular formula is C21H22ClN3O3. The van der Waals surface area contributed by atoms with Gasteiger partial charge in [-0.1, -0.05) is 41.0 Å². The van der Waals surface area contributed by atoms with Gasteiger partial charge in [-0.3, -0.25) is 4.79 Å². The van der Waals surface area contributed by atoms with Crippen LogP contribution in [0.4, 0.5) is 0 Å². The molecule has 1 heterocycles. The van der Waals surface area contributed by atoms with Crippen LogP contribution >= 0.6 is 11.6 Å². The van der Waals surface area contributed by atoms with Crippen LogP contribution in [0, 0.1) is 13.8 Å². The summed E-state index contributed by atoms with van der Waals surface area (Å²) in [7, 11) is 1.67. The average Bonchev–Trinajstić information content (AvgIpc) is 3.12. The van der Waals surface area contributed by atoms with Crippen LogP contribution in [0.1, 0.15) is 23.9 Å². The number of carbonyl (C=O) groups is 1. The zero-order valence-corrected chi connectivity index (χ0v) is 17.0. The normalized spacial score (nSPS) is 11.9. The Labute approximate surface area is 169 Å². The van der Waals surface area contributed by atoms with Gasteiger partial charge in [0.25, 0.3) is 5.91 Å². The van der Waals surface area contributed by atoms with Gasteiger partial charge in [-0.15, -0.1) is 0 Å². The number of halogens is 1. The number of rotatable bonds is 6. The average molecular weight is 400 g/mol. The van der Waals surface area contributed by atoms with Gasteiger partial charge in [0, 0.05) is 12.6 Å². The Balaban J connectivity index is 1.66. The lowest BCUT2D eigenvalue weighted by Crippen LogP contribution is -2.37. The van der Waals surface area contributed by atoms with Crippen molar-refractivity contribution < 1.29 is 14.1 Å². The van der Waals surface area contributed by atoms with Crippen LogP contribution in [0.2, 0.25) is 5.02 Å². The van der Waals surface area contributed by atoms with E-state index in [2.05, 4.69) is 10.1 Å². The van der Waals surface area contributed by atoms with E-state index in [0.29, 0.717) is 28.1 Å². The monoisotopic (exact) mass is 399 g/mol. The van der Waals surface area contributed by atoms with Crippen LogP contribution in [0.5, 0.6) is 5.75 Å². The molecule has 3 rings (SSSR count). The van der Waals surface area contributed by atoms with E-state index in [0.717, 1.165) is 11.1 Å². The summed E-state index contributed by atoms with van der Waals surface area (Å²) >= 11 is 6.16. The Bertz CT molecular complexity index is 987. The number of hydrogen-bond donors (Lipinski definition) is 0. The third-order valence-electron chi connectivity index (χ3n) is 4.33. The number of ether oxygens (including phenoxy) is 1. The van der Waals surface area contributed by atoms with E-state index in [1.54, 1.807) is 20.0 Å². The molecule has 28 heavy (non-hydrogen) atoms. The van der Waals surface area contributed by atoms with E-state index in [-0.39, 0.29) is 12.5 Å². The largest absolute Gasteiger partial charge is 0.481 e. The van der Waals surface area contributed by atoms with Crippen molar-refractivity contribution in [3.05, 3.63) is 64.5 Å². The fourth-order valence-corrected chi connectivity index (χ4v) is 2.96. The summed E-state index contributed by atoms with van der Waals surface area (Å²) in [6.45, 7) is 5.84. The standard InChI is InChI=1S/C21H22ClN3O3/c1-13-9-10-14(2)18(11-13)27-15(3)21(26)25(4)12-19-23-20(24-28-19)16-7-5-6-8-17(16)22/h5-11,15H,12H2,1-4H3. The molecule has 3 aromatic rings. The second-order valence-corrected chi connectivity index (χ2v) is 7.12. The molecule has 0 N–H and O–H groups in total. The third-order valence-corrected chi connectivity index (χ3v) is 4.66. The van der Waals surface area contributed by atoms with Gasteiger partial charge in [0.1, 0.15) is 5.75 Å². The Kier molecular flexibility index (Phi) is 5.99. The lowest BCUT2D eigenvalue weighted by atomic mass is 10.1. The van der Waals surface area contributed by atoms with Gasteiger partial charge < -0.3 is 14.2 Å². The summed E-state index contributed by atoms with van der Waals surface area (Å²) < 4.78 is 11.1. The maximum absolute atomic E-state index is 12.7. The van der Waals surface area contributed by atoms with Gasteiger partial charge in [-0.25, -0.2) is 0 Å². The van der Waals surface area contributed by atoms with Crippen LogP contribution in [0.15, 0.2) is 47.0 Å². The summed E-state index contributed by atoms with van der Waals surface area (Å²) in [4.78, 5) is 18.5. The molecule has 1 aromatic heterocycles. The minimum absolute atomic E-state index is 0.177. The number of hydrogen-bond acceptors (Lipinski definition) is 5. The van der Waals surface area contributed by atoms with E-state index >= 15 is 0 Å². The maximum Gasteiger partial charge on any atom is 0.263 e. The van der Waals surface area contributed by atoms with Crippen molar-refractivity contribution in [3.63, 3.8) is 0 Å². The summed E-state index contributed by atoms with van der Waals surface area (Å²) in [5, 5.41) is 4.49. The maximum atomic E-state index is 12.7. The first-order valence-electron chi connectivity index (χ1n) is 8.91. The van der Waals surface area contributed by atoms with Crippen molar-refractivity contribution >= 4 is 17.5 Å². The Morgan fingerprint density at radius 2 is 2.00 bits per heavy atom. The Hall–Kier alpha value is -2.86. The molecule has 0 aliphatic heterocycles. The zero-order valence-electron chi connectivity index (χ0n) is 16.3. The number of aromatic nitrogens is 2. The quantitative estimate of drug-likeness (QED) is 0.613. The minimum atomic E-state index is -0.642. The summed E-state index contributed by atoms with van der Waals surface area (Å²) in [6, 6.07) is 13.1. The SMILES string of the molecule is Cc1ccc(C)c(OC(C)C(=O)N(C)Cc2nc(-c3ccccc3Cl)no2)c1. The van der Waals surface area contributed by atoms with Gasteiger partial charge in [0.15, 0.2) is 6.10 Å². The number of carbonyl (C=O) groups excluding carboxylic acids is 1. The van der Waals surface area contributed by atoms with Crippen molar-refractivity contribution in [2.24, 2.45) is 0 Å². The van der Waals surface area contributed by atoms with Crippen LogP contribution in [-0.2, 0) is 11.3 Å². The van der Waals surface area contributed by atoms with E-state index in [1.807, 2.05) is 50.2 Å². The molecule has 2 aromatic carbocycles. The van der Waals surface area contributed by atoms with Gasteiger partial charge >= 0.3 is 0 Å². The second-order valence-electron chi connectivity index (χ2n) is 6.71. The molecule has 146 valence electrons. The molecule has 1 unspecified atom stereocenters. The summed E-state index contributed by atoms with van der Waals surface area (Å²) in [5.74, 6) is 1.23. The van der Waals surface area contributed by atoms with E-state index in [1.165, 1.54) is 4.90 Å². The fourth-order valence-electron chi connectivity index (χ4n) is 2.74. The highest BCUT2D eigenvalue weighted by atomic mass is 35.5. The second kappa shape index (κ2) is 8.44. The number of likely N-dealkylation sites (N-methyl/N-ethyl adjacent to an activating group) is 1. The number of amides is 1. The van der Waals surface area contributed by atoms with E-state index in [4.69, 9.17) is 20.9 Å². The van der Waals surface area contributed by atoms with Crippen molar-refractivity contribution in [3.8, 4) is 17.1 Å². The van der Waals surface area contributed by atoms with Gasteiger partial charge in [-0.05, 0) is 50.1 Å². The van der Waals surface area contributed by atoms with Crippen molar-refractivity contribution in [2.45, 2.75) is 33.4 Å². The molecule has 0 aliphatic rings. The molecule has 0 spiro atoms. The van der Waals surface area contributed by atoms with Crippen molar-refractivity contribution in [2.75, 3.05) is 7.05 Å². The van der Waals surface area contributed by atoms with Gasteiger partial charge in [0.2, 0.25) is 11.7 Å². The molecular weight excluding hydrogens is 378 g/mol. The first kappa shape index (κ1) is 19.9.